The minimum absolute atomic E-state index is 0.0314. The predicted molar refractivity (Wildman–Crippen MR) is 222 cm³/mol. The Hall–Kier alpha value is -0.500. The van der Waals surface area contributed by atoms with Crippen molar-refractivity contribution in [2.75, 3.05) is 54.1 Å². The van der Waals surface area contributed by atoms with Crippen molar-refractivity contribution >= 4 is 13.8 Å². The molecule has 9 heteroatoms. The number of phosphoric ester groups is 1. The second kappa shape index (κ2) is 38.4. The first-order valence-electron chi connectivity index (χ1n) is 22.8. The van der Waals surface area contributed by atoms with Crippen LogP contribution < -0.4 is 4.89 Å². The molecule has 0 aromatic heterocycles. The molecule has 0 saturated heterocycles. The molecule has 0 aliphatic heterocycles. The van der Waals surface area contributed by atoms with Crippen LogP contribution in [0.15, 0.2) is 0 Å². The van der Waals surface area contributed by atoms with Crippen molar-refractivity contribution < 1.29 is 37.3 Å². The summed E-state index contributed by atoms with van der Waals surface area (Å²) in [5.41, 5.74) is 0. The summed E-state index contributed by atoms with van der Waals surface area (Å²) in [6, 6.07) is 0. The Morgan fingerprint density at radius 2 is 0.868 bits per heavy atom. The van der Waals surface area contributed by atoms with Gasteiger partial charge in [-0.05, 0) is 12.8 Å². The molecule has 0 fully saturated rings. The van der Waals surface area contributed by atoms with E-state index in [1.165, 1.54) is 167 Å². The van der Waals surface area contributed by atoms with Crippen LogP contribution in [0.1, 0.15) is 219 Å². The Kier molecular flexibility index (Phi) is 38.0. The standard InChI is InChI=1S/C44H90NO7P/c1-6-8-10-12-14-16-18-20-21-22-23-24-25-27-29-31-33-35-37-44(46)52-43(42-51-53(47,48)50-40-38-45(3,4)5)41-49-39-36-34-32-30-28-26-19-17-15-13-11-9-7-2/h43H,6-42H2,1-5H3. The highest BCUT2D eigenvalue weighted by Gasteiger charge is 2.20. The van der Waals surface area contributed by atoms with Gasteiger partial charge in [-0.25, -0.2) is 0 Å². The van der Waals surface area contributed by atoms with Gasteiger partial charge in [-0.3, -0.25) is 9.36 Å². The van der Waals surface area contributed by atoms with Crippen LogP contribution >= 0.6 is 7.82 Å². The molecular formula is C44H90NO7P. The predicted octanol–water partition coefficient (Wildman–Crippen LogP) is 12.6. The van der Waals surface area contributed by atoms with Crippen molar-refractivity contribution in [3.05, 3.63) is 0 Å². The van der Waals surface area contributed by atoms with Crippen LogP contribution in [0.4, 0.5) is 0 Å². The second-order valence-corrected chi connectivity index (χ2v) is 18.2. The highest BCUT2D eigenvalue weighted by atomic mass is 31.2. The molecular weight excluding hydrogens is 685 g/mol. The van der Waals surface area contributed by atoms with E-state index in [0.29, 0.717) is 24.1 Å². The molecule has 2 unspecified atom stereocenters. The Morgan fingerprint density at radius 1 is 0.509 bits per heavy atom. The zero-order valence-electron chi connectivity index (χ0n) is 36.0. The maximum Gasteiger partial charge on any atom is 0.306 e. The third kappa shape index (κ3) is 42.5. The Bertz CT molecular complexity index is 822. The van der Waals surface area contributed by atoms with Gasteiger partial charge in [0.2, 0.25) is 0 Å². The molecule has 0 saturated carbocycles. The van der Waals surface area contributed by atoms with Crippen molar-refractivity contribution in [3.63, 3.8) is 0 Å². The van der Waals surface area contributed by atoms with E-state index >= 15 is 0 Å². The van der Waals surface area contributed by atoms with Crippen molar-refractivity contribution in [2.24, 2.45) is 0 Å². The molecule has 8 nitrogen and oxygen atoms in total. The van der Waals surface area contributed by atoms with Crippen LogP contribution in [-0.2, 0) is 27.9 Å². The first kappa shape index (κ1) is 52.5. The number of hydrogen-bond acceptors (Lipinski definition) is 7. The fraction of sp³-hybridized carbons (Fsp3) is 0.977. The molecule has 318 valence electrons. The fourth-order valence-corrected chi connectivity index (χ4v) is 7.34. The van der Waals surface area contributed by atoms with Gasteiger partial charge in [0.1, 0.15) is 19.3 Å². The smallest absolute Gasteiger partial charge is 0.306 e. The van der Waals surface area contributed by atoms with E-state index in [4.69, 9.17) is 18.5 Å². The Balaban J connectivity index is 4.15. The number of carbonyl (C=O) groups is 1. The maximum absolute atomic E-state index is 12.7. The largest absolute Gasteiger partial charge is 0.756 e. The van der Waals surface area contributed by atoms with E-state index in [9.17, 15) is 14.3 Å². The van der Waals surface area contributed by atoms with Gasteiger partial charge < -0.3 is 27.9 Å². The molecule has 0 radical (unpaired) electrons. The highest BCUT2D eigenvalue weighted by Crippen LogP contribution is 2.38. The van der Waals surface area contributed by atoms with Crippen LogP contribution in [0.3, 0.4) is 0 Å². The van der Waals surface area contributed by atoms with E-state index < -0.39 is 13.9 Å². The molecule has 0 N–H and O–H groups in total. The van der Waals surface area contributed by atoms with E-state index in [2.05, 4.69) is 13.8 Å². The summed E-state index contributed by atoms with van der Waals surface area (Å²) in [5, 5.41) is 0. The Morgan fingerprint density at radius 3 is 1.25 bits per heavy atom. The second-order valence-electron chi connectivity index (χ2n) is 16.8. The van der Waals surface area contributed by atoms with E-state index in [1.807, 2.05) is 21.1 Å². The lowest BCUT2D eigenvalue weighted by atomic mass is 10.0. The summed E-state index contributed by atoms with van der Waals surface area (Å²) < 4.78 is 34.6. The molecule has 0 aliphatic rings. The van der Waals surface area contributed by atoms with Gasteiger partial charge in [0.15, 0.2) is 0 Å². The van der Waals surface area contributed by atoms with Crippen molar-refractivity contribution in [3.8, 4) is 0 Å². The normalized spacial score (nSPS) is 13.7. The van der Waals surface area contributed by atoms with Crippen LogP contribution in [0.2, 0.25) is 0 Å². The summed E-state index contributed by atoms with van der Waals surface area (Å²) in [6.07, 6.45) is 39.6. The topological polar surface area (TPSA) is 94.1 Å². The van der Waals surface area contributed by atoms with Crippen molar-refractivity contribution in [1.29, 1.82) is 0 Å². The molecule has 0 aliphatic carbocycles. The summed E-state index contributed by atoms with van der Waals surface area (Å²) >= 11 is 0. The van der Waals surface area contributed by atoms with E-state index in [-0.39, 0.29) is 25.8 Å². The van der Waals surface area contributed by atoms with Gasteiger partial charge in [-0.1, -0.05) is 200 Å². The number of phosphoric acid groups is 1. The zero-order chi connectivity index (χ0) is 39.1. The molecule has 0 aromatic rings. The molecule has 0 bridgehead atoms. The summed E-state index contributed by atoms with van der Waals surface area (Å²) in [6.45, 7) is 5.47. The third-order valence-corrected chi connectivity index (χ3v) is 11.1. The fourth-order valence-electron chi connectivity index (χ4n) is 6.61. The number of carbonyl (C=O) groups excluding carboxylic acids is 1. The van der Waals surface area contributed by atoms with E-state index in [1.54, 1.807) is 0 Å². The number of quaternary nitrogens is 1. The average Bonchev–Trinajstić information content (AvgIpc) is 3.11. The Labute approximate surface area is 329 Å². The average molecular weight is 776 g/mol. The third-order valence-electron chi connectivity index (χ3n) is 10.2. The monoisotopic (exact) mass is 776 g/mol. The number of esters is 1. The zero-order valence-corrected chi connectivity index (χ0v) is 36.9. The molecule has 53 heavy (non-hydrogen) atoms. The van der Waals surface area contributed by atoms with Crippen molar-refractivity contribution in [2.45, 2.75) is 225 Å². The highest BCUT2D eigenvalue weighted by molar-refractivity contribution is 7.45. The lowest BCUT2D eigenvalue weighted by Crippen LogP contribution is -2.37. The number of nitrogens with zero attached hydrogens (tertiary/aromatic N) is 1. The quantitative estimate of drug-likeness (QED) is 0.0263. The lowest BCUT2D eigenvalue weighted by Gasteiger charge is -2.28. The van der Waals surface area contributed by atoms with Crippen LogP contribution in [0, 0.1) is 0 Å². The molecule has 0 spiro atoms. The van der Waals surface area contributed by atoms with Crippen LogP contribution in [-0.4, -0.2) is 70.7 Å². The molecule has 0 heterocycles. The van der Waals surface area contributed by atoms with Gasteiger partial charge in [0, 0.05) is 13.0 Å². The molecule has 0 amide bonds. The summed E-state index contributed by atoms with van der Waals surface area (Å²) in [5.74, 6) is -0.327. The molecule has 2 atom stereocenters. The summed E-state index contributed by atoms with van der Waals surface area (Å²) in [7, 11) is 1.37. The number of unbranched alkanes of at least 4 members (excludes halogenated alkanes) is 29. The first-order chi connectivity index (χ1) is 25.6. The molecule has 0 rings (SSSR count). The number of rotatable bonds is 43. The van der Waals surface area contributed by atoms with Crippen LogP contribution in [0.5, 0.6) is 0 Å². The van der Waals surface area contributed by atoms with Gasteiger partial charge in [-0.15, -0.1) is 0 Å². The first-order valence-corrected chi connectivity index (χ1v) is 24.2. The van der Waals surface area contributed by atoms with E-state index in [0.717, 1.165) is 32.1 Å². The summed E-state index contributed by atoms with van der Waals surface area (Å²) in [4.78, 5) is 25.0. The van der Waals surface area contributed by atoms with Gasteiger partial charge in [0.25, 0.3) is 7.82 Å². The number of hydrogen-bond donors (Lipinski definition) is 0. The SMILES string of the molecule is CCCCCCCCCCCCCCCCCCCCC(=O)OC(COCCCCCCCCCCCCCCC)COP(=O)([O-])OCC[N+](C)(C)C. The van der Waals surface area contributed by atoms with Crippen molar-refractivity contribution in [1.82, 2.24) is 0 Å². The van der Waals surface area contributed by atoms with Gasteiger partial charge >= 0.3 is 5.97 Å². The number of likely N-dealkylation sites (N-methyl/N-ethyl adjacent to an activating group) is 1. The minimum atomic E-state index is -4.51. The maximum atomic E-state index is 12.7. The number of ether oxygens (including phenoxy) is 2. The van der Waals surface area contributed by atoms with Gasteiger partial charge in [-0.2, -0.15) is 0 Å². The minimum Gasteiger partial charge on any atom is -0.756 e. The lowest BCUT2D eigenvalue weighted by molar-refractivity contribution is -0.870. The van der Waals surface area contributed by atoms with Gasteiger partial charge in [0.05, 0.1) is 34.4 Å². The van der Waals surface area contributed by atoms with Crippen LogP contribution in [0.25, 0.3) is 0 Å². The molecule has 0 aromatic carbocycles.